The molecule has 0 unspecified atom stereocenters. The van der Waals surface area contributed by atoms with Crippen LogP contribution in [-0.4, -0.2) is 128 Å². The zero-order chi connectivity index (χ0) is 42.3. The number of anilines is 5. The minimum Gasteiger partial charge on any atom is -0.505 e. The van der Waals surface area contributed by atoms with Crippen LogP contribution < -0.4 is 37.1 Å². The number of hydrogen-bond donors (Lipinski definition) is 6. The number of piperazine rings is 1. The van der Waals surface area contributed by atoms with Crippen LogP contribution in [0.15, 0.2) is 42.6 Å². The molecule has 1 aliphatic heterocycles. The lowest BCUT2D eigenvalue weighted by molar-refractivity contribution is -0.140. The molecule has 2 aromatic heterocycles. The van der Waals surface area contributed by atoms with Crippen LogP contribution in [0.3, 0.4) is 0 Å². The SMILES string of the molecule is Cc1nc(Nc2ncc(C(=O)Nc3c(C)cccc3Cl)s2)cc(N2CCN(CCOCCC(=O)NCCOCCOCC(=O)Oc3ccc(N)c(O)c3C(N)=O)CC2)n1. The van der Waals surface area contributed by atoms with Gasteiger partial charge in [0.1, 0.15) is 40.3 Å². The molecule has 0 aliphatic carbocycles. The van der Waals surface area contributed by atoms with Crippen molar-refractivity contribution in [2.24, 2.45) is 5.73 Å². The molecule has 2 aromatic carbocycles. The van der Waals surface area contributed by atoms with Crippen LogP contribution >= 0.6 is 22.9 Å². The quantitative estimate of drug-likeness (QED) is 0.0232. The number of nitrogens with two attached hydrogens (primary N) is 2. The second kappa shape index (κ2) is 21.9. The molecule has 21 heteroatoms. The molecule has 0 atom stereocenters. The van der Waals surface area contributed by atoms with E-state index in [4.69, 9.17) is 42.0 Å². The number of aromatic hydroxyl groups is 1. The molecule has 0 saturated carbocycles. The largest absolute Gasteiger partial charge is 0.505 e. The van der Waals surface area contributed by atoms with Gasteiger partial charge in [0.2, 0.25) is 5.91 Å². The summed E-state index contributed by atoms with van der Waals surface area (Å²) in [5, 5.41) is 19.7. The highest BCUT2D eigenvalue weighted by Crippen LogP contribution is 2.33. The summed E-state index contributed by atoms with van der Waals surface area (Å²) in [4.78, 5) is 67.1. The van der Waals surface area contributed by atoms with Gasteiger partial charge in [-0.15, -0.1) is 0 Å². The number of nitrogens with zero attached hydrogens (tertiary/aromatic N) is 5. The summed E-state index contributed by atoms with van der Waals surface area (Å²) in [6.45, 7) is 8.70. The van der Waals surface area contributed by atoms with E-state index in [-0.39, 0.29) is 56.1 Å². The Bertz CT molecular complexity index is 2080. The molecule has 0 bridgehead atoms. The third-order valence-corrected chi connectivity index (χ3v) is 10.00. The fraction of sp³-hybridized carbons (Fsp3) is 0.395. The van der Waals surface area contributed by atoms with E-state index < -0.39 is 29.8 Å². The van der Waals surface area contributed by atoms with Crippen LogP contribution in [0, 0.1) is 13.8 Å². The number of amides is 3. The van der Waals surface area contributed by atoms with Gasteiger partial charge in [-0.2, -0.15) is 0 Å². The van der Waals surface area contributed by atoms with E-state index in [1.807, 2.05) is 32.0 Å². The first-order valence-corrected chi connectivity index (χ1v) is 19.8. The Labute approximate surface area is 349 Å². The summed E-state index contributed by atoms with van der Waals surface area (Å²) in [6.07, 6.45) is 1.72. The molecule has 1 aliphatic rings. The number of halogens is 1. The molecular weight excluding hydrogens is 808 g/mol. The number of nitrogen functional groups attached to an aromatic ring is 1. The van der Waals surface area contributed by atoms with Crippen molar-refractivity contribution in [2.75, 3.05) is 100 Å². The number of phenols is 1. The summed E-state index contributed by atoms with van der Waals surface area (Å²) in [6, 6.07) is 9.82. The number of primary amides is 1. The van der Waals surface area contributed by atoms with E-state index >= 15 is 0 Å². The summed E-state index contributed by atoms with van der Waals surface area (Å²) in [5.74, 6) is -1.11. The molecule has 4 aromatic rings. The fourth-order valence-electron chi connectivity index (χ4n) is 5.74. The number of benzene rings is 2. The maximum Gasteiger partial charge on any atom is 0.337 e. The van der Waals surface area contributed by atoms with Gasteiger partial charge in [0.25, 0.3) is 11.8 Å². The van der Waals surface area contributed by atoms with Crippen molar-refractivity contribution in [3.05, 3.63) is 69.4 Å². The van der Waals surface area contributed by atoms with Crippen molar-refractivity contribution in [3.8, 4) is 11.5 Å². The van der Waals surface area contributed by atoms with Gasteiger partial charge in [0.15, 0.2) is 10.9 Å². The number of rotatable bonds is 21. The van der Waals surface area contributed by atoms with Gasteiger partial charge in [0.05, 0.1) is 55.6 Å². The predicted octanol–water partition coefficient (Wildman–Crippen LogP) is 2.87. The number of esters is 1. The molecule has 1 saturated heterocycles. The molecule has 0 spiro atoms. The Morgan fingerprint density at radius 1 is 0.966 bits per heavy atom. The summed E-state index contributed by atoms with van der Waals surface area (Å²) in [7, 11) is 0. The third-order valence-electron chi connectivity index (χ3n) is 8.77. The van der Waals surface area contributed by atoms with Crippen molar-refractivity contribution >= 4 is 74.8 Å². The second-order valence-electron chi connectivity index (χ2n) is 13.1. The molecule has 3 amide bonds. The van der Waals surface area contributed by atoms with Crippen LogP contribution in [0.1, 0.15) is 37.8 Å². The number of aryl methyl sites for hydroxylation is 2. The number of ether oxygens (including phenoxy) is 4. The average molecular weight is 855 g/mol. The molecule has 3 heterocycles. The third kappa shape index (κ3) is 13.5. The average Bonchev–Trinajstić information content (AvgIpc) is 3.67. The number of para-hydroxylation sites is 1. The lowest BCUT2D eigenvalue weighted by Crippen LogP contribution is -2.47. The summed E-state index contributed by atoms with van der Waals surface area (Å²) in [5.41, 5.74) is 11.7. The normalized spacial score (nSPS) is 12.9. The molecule has 59 heavy (non-hydrogen) atoms. The lowest BCUT2D eigenvalue weighted by atomic mass is 10.1. The standard InChI is InChI=1S/C38H47ClN10O9S/c1-23-4-3-5-25(39)34(23)47-37(54)28-21-43-38(59-28)46-29-20-30(45-24(2)44-29)49-12-10-48(11-13-49)14-17-55-15-8-31(50)42-9-16-56-18-19-57-22-32(51)58-27-7-6-26(40)35(52)33(27)36(41)53/h3-7,20-21,52H,8-19,22,40H2,1-2H3,(H2,41,53)(H,42,50)(H,47,54)(H,43,44,45,46). The monoisotopic (exact) mass is 854 g/mol. The number of carbonyl (C=O) groups is 4. The van der Waals surface area contributed by atoms with Crippen molar-refractivity contribution in [1.82, 2.24) is 25.2 Å². The van der Waals surface area contributed by atoms with Gasteiger partial charge in [-0.25, -0.2) is 19.7 Å². The van der Waals surface area contributed by atoms with Crippen molar-refractivity contribution in [1.29, 1.82) is 0 Å². The number of aromatic nitrogens is 3. The van der Waals surface area contributed by atoms with Crippen LogP contribution in [0.2, 0.25) is 5.02 Å². The van der Waals surface area contributed by atoms with Crippen molar-refractivity contribution < 1.29 is 43.2 Å². The zero-order valence-corrected chi connectivity index (χ0v) is 34.2. The van der Waals surface area contributed by atoms with E-state index in [1.54, 1.807) is 6.07 Å². The van der Waals surface area contributed by atoms with Gasteiger partial charge in [0, 0.05) is 51.8 Å². The van der Waals surface area contributed by atoms with Crippen molar-refractivity contribution in [3.63, 3.8) is 0 Å². The van der Waals surface area contributed by atoms with Gasteiger partial charge >= 0.3 is 5.97 Å². The maximum atomic E-state index is 12.9. The molecule has 0 radical (unpaired) electrons. The number of nitrogens with one attached hydrogen (secondary N) is 3. The fourth-order valence-corrected chi connectivity index (χ4v) is 6.73. The molecule has 5 rings (SSSR count). The van der Waals surface area contributed by atoms with E-state index in [9.17, 15) is 24.3 Å². The Hall–Kier alpha value is -5.64. The lowest BCUT2D eigenvalue weighted by Gasteiger charge is -2.35. The van der Waals surface area contributed by atoms with Gasteiger partial charge < -0.3 is 56.4 Å². The van der Waals surface area contributed by atoms with Gasteiger partial charge in [-0.05, 0) is 37.6 Å². The topological polar surface area (TPSA) is 259 Å². The Balaban J connectivity index is 0.897. The van der Waals surface area contributed by atoms with Crippen LogP contribution in [0.25, 0.3) is 0 Å². The summed E-state index contributed by atoms with van der Waals surface area (Å²) >= 11 is 7.48. The Morgan fingerprint density at radius 3 is 2.49 bits per heavy atom. The number of thiazole rings is 1. The van der Waals surface area contributed by atoms with E-state index in [0.29, 0.717) is 45.5 Å². The van der Waals surface area contributed by atoms with E-state index in [1.165, 1.54) is 29.7 Å². The molecule has 316 valence electrons. The maximum absolute atomic E-state index is 12.9. The van der Waals surface area contributed by atoms with E-state index in [2.05, 4.69) is 40.7 Å². The van der Waals surface area contributed by atoms with Gasteiger partial charge in [-0.1, -0.05) is 35.1 Å². The molecule has 1 fully saturated rings. The molecule has 19 nitrogen and oxygen atoms in total. The highest BCUT2D eigenvalue weighted by atomic mass is 35.5. The first-order chi connectivity index (χ1) is 28.4. The van der Waals surface area contributed by atoms with Crippen LogP contribution in [0.4, 0.5) is 28.1 Å². The smallest absolute Gasteiger partial charge is 0.337 e. The Morgan fingerprint density at radius 2 is 1.73 bits per heavy atom. The van der Waals surface area contributed by atoms with Gasteiger partial charge in [-0.3, -0.25) is 19.3 Å². The molecule has 8 N–H and O–H groups in total. The minimum absolute atomic E-state index is 0.0749. The number of carbonyl (C=O) groups excluding carboxylic acids is 4. The highest BCUT2D eigenvalue weighted by Gasteiger charge is 2.21. The zero-order valence-electron chi connectivity index (χ0n) is 32.6. The number of hydrogen-bond acceptors (Lipinski definition) is 17. The van der Waals surface area contributed by atoms with Crippen LogP contribution in [-0.2, 0) is 23.8 Å². The Kier molecular flexibility index (Phi) is 16.5. The first-order valence-electron chi connectivity index (χ1n) is 18.6. The predicted molar refractivity (Wildman–Crippen MR) is 222 cm³/mol. The summed E-state index contributed by atoms with van der Waals surface area (Å²) < 4.78 is 21.4. The second-order valence-corrected chi connectivity index (χ2v) is 14.6. The molecular formula is C38H47ClN10O9S. The van der Waals surface area contributed by atoms with E-state index in [0.717, 1.165) is 44.1 Å². The minimum atomic E-state index is -1.00. The van der Waals surface area contributed by atoms with Crippen molar-refractivity contribution in [2.45, 2.75) is 20.3 Å². The van der Waals surface area contributed by atoms with Crippen LogP contribution in [0.5, 0.6) is 11.5 Å². The highest BCUT2D eigenvalue weighted by molar-refractivity contribution is 7.17. The first kappa shape index (κ1) is 44.5.